The number of hydrogen-bond donors (Lipinski definition) is 1. The molecule has 0 aliphatic carbocycles. The molecule has 0 aromatic heterocycles. The molecule has 0 saturated carbocycles. The van der Waals surface area contributed by atoms with Crippen LogP contribution in [0.15, 0.2) is 16.6 Å². The number of ether oxygens (including phenoxy) is 2. The molecule has 1 rings (SSSR count). The van der Waals surface area contributed by atoms with Gasteiger partial charge in [0.05, 0.1) is 5.56 Å². The second-order valence-corrected chi connectivity index (χ2v) is 5.16. The molecule has 6 heteroatoms. The number of methoxy groups -OCH3 is 1. The van der Waals surface area contributed by atoms with E-state index in [4.69, 9.17) is 9.47 Å². The first-order valence-corrected chi connectivity index (χ1v) is 7.01. The molecule has 0 spiro atoms. The molecule has 1 amide bonds. The third-order valence-electron chi connectivity index (χ3n) is 2.59. The number of aldehydes is 1. The Balaban J connectivity index is 2.53. The van der Waals surface area contributed by atoms with Crippen molar-refractivity contribution in [2.24, 2.45) is 0 Å². The Morgan fingerprint density at radius 1 is 1.45 bits per heavy atom. The van der Waals surface area contributed by atoms with Gasteiger partial charge in [-0.15, -0.1) is 0 Å². The summed E-state index contributed by atoms with van der Waals surface area (Å²) >= 11 is 3.31. The van der Waals surface area contributed by atoms with Gasteiger partial charge in [-0.05, 0) is 31.0 Å². The number of aryl methyl sites for hydroxylation is 1. The van der Waals surface area contributed by atoms with E-state index in [0.717, 1.165) is 16.5 Å². The molecule has 0 bridgehead atoms. The quantitative estimate of drug-likeness (QED) is 0.579. The van der Waals surface area contributed by atoms with Gasteiger partial charge >= 0.3 is 0 Å². The van der Waals surface area contributed by atoms with Crippen molar-refractivity contribution in [2.75, 3.05) is 26.9 Å². The first-order valence-electron chi connectivity index (χ1n) is 6.22. The van der Waals surface area contributed by atoms with E-state index < -0.39 is 0 Å². The van der Waals surface area contributed by atoms with Gasteiger partial charge in [-0.25, -0.2) is 0 Å². The zero-order chi connectivity index (χ0) is 15.0. The SMILES string of the molecule is COCCCNC(=O)COc1c(C)cc(Br)cc1C=O. The summed E-state index contributed by atoms with van der Waals surface area (Å²) < 4.78 is 11.1. The molecule has 5 nitrogen and oxygen atoms in total. The number of benzene rings is 1. The van der Waals surface area contributed by atoms with E-state index in [9.17, 15) is 9.59 Å². The number of nitrogens with one attached hydrogen (secondary N) is 1. The standard InChI is InChI=1S/C14H18BrNO4/c1-10-6-12(15)7-11(8-17)14(10)20-9-13(18)16-4-3-5-19-2/h6-8H,3-5,9H2,1-2H3,(H,16,18). The molecule has 0 saturated heterocycles. The number of amides is 1. The van der Waals surface area contributed by atoms with Crippen molar-refractivity contribution in [3.05, 3.63) is 27.7 Å². The monoisotopic (exact) mass is 343 g/mol. The maximum Gasteiger partial charge on any atom is 0.257 e. The van der Waals surface area contributed by atoms with Gasteiger partial charge in [-0.3, -0.25) is 9.59 Å². The summed E-state index contributed by atoms with van der Waals surface area (Å²) in [7, 11) is 1.61. The van der Waals surface area contributed by atoms with Gasteiger partial charge in [0.1, 0.15) is 5.75 Å². The largest absolute Gasteiger partial charge is 0.483 e. The Hall–Kier alpha value is -1.40. The zero-order valence-electron chi connectivity index (χ0n) is 11.6. The molecule has 0 aliphatic rings. The maximum absolute atomic E-state index is 11.6. The predicted molar refractivity (Wildman–Crippen MR) is 79.3 cm³/mol. The smallest absolute Gasteiger partial charge is 0.257 e. The second-order valence-electron chi connectivity index (χ2n) is 4.24. The van der Waals surface area contributed by atoms with Crippen molar-refractivity contribution >= 4 is 28.1 Å². The van der Waals surface area contributed by atoms with E-state index in [2.05, 4.69) is 21.2 Å². The summed E-state index contributed by atoms with van der Waals surface area (Å²) in [5.74, 6) is 0.218. The van der Waals surface area contributed by atoms with E-state index in [1.807, 2.05) is 13.0 Å². The summed E-state index contributed by atoms with van der Waals surface area (Å²) in [6, 6.07) is 3.49. The van der Waals surface area contributed by atoms with Crippen LogP contribution in [0.3, 0.4) is 0 Å². The van der Waals surface area contributed by atoms with Crippen molar-refractivity contribution < 1.29 is 19.1 Å². The predicted octanol–water partition coefficient (Wildman–Crippen LogP) is 2.10. The summed E-state index contributed by atoms with van der Waals surface area (Å²) in [6.45, 7) is 2.85. The number of halogens is 1. The van der Waals surface area contributed by atoms with Gasteiger partial charge in [0, 0.05) is 24.7 Å². The van der Waals surface area contributed by atoms with Crippen molar-refractivity contribution in [3.8, 4) is 5.75 Å². The Labute approximate surface area is 126 Å². The molecule has 1 aromatic rings. The van der Waals surface area contributed by atoms with E-state index in [1.54, 1.807) is 13.2 Å². The molecule has 1 N–H and O–H groups in total. The molecular formula is C14H18BrNO4. The Bertz CT molecular complexity index is 476. The van der Waals surface area contributed by atoms with Crippen molar-refractivity contribution in [1.29, 1.82) is 0 Å². The van der Waals surface area contributed by atoms with Crippen molar-refractivity contribution in [1.82, 2.24) is 5.32 Å². The van der Waals surface area contributed by atoms with Crippen LogP contribution in [0.1, 0.15) is 22.3 Å². The Kier molecular flexibility index (Phi) is 7.25. The highest BCUT2D eigenvalue weighted by Gasteiger charge is 2.10. The summed E-state index contributed by atoms with van der Waals surface area (Å²) in [4.78, 5) is 22.6. The minimum absolute atomic E-state index is 0.115. The lowest BCUT2D eigenvalue weighted by molar-refractivity contribution is -0.123. The molecule has 0 unspecified atom stereocenters. The van der Waals surface area contributed by atoms with Crippen LogP contribution >= 0.6 is 15.9 Å². The lowest BCUT2D eigenvalue weighted by atomic mass is 10.1. The summed E-state index contributed by atoms with van der Waals surface area (Å²) in [5.41, 5.74) is 1.22. The molecule has 0 atom stereocenters. The third-order valence-corrected chi connectivity index (χ3v) is 3.05. The minimum Gasteiger partial charge on any atom is -0.483 e. The average molecular weight is 344 g/mol. The van der Waals surface area contributed by atoms with Crippen LogP contribution in [-0.4, -0.2) is 39.1 Å². The highest BCUT2D eigenvalue weighted by atomic mass is 79.9. The molecule has 20 heavy (non-hydrogen) atoms. The van der Waals surface area contributed by atoms with Gasteiger partial charge in [-0.2, -0.15) is 0 Å². The van der Waals surface area contributed by atoms with Crippen molar-refractivity contribution in [3.63, 3.8) is 0 Å². The van der Waals surface area contributed by atoms with E-state index in [-0.39, 0.29) is 12.5 Å². The van der Waals surface area contributed by atoms with Crippen LogP contribution in [0.4, 0.5) is 0 Å². The van der Waals surface area contributed by atoms with Gasteiger partial charge < -0.3 is 14.8 Å². The van der Waals surface area contributed by atoms with Gasteiger partial charge in [0.25, 0.3) is 5.91 Å². The fourth-order valence-corrected chi connectivity index (χ4v) is 2.26. The van der Waals surface area contributed by atoms with Crippen LogP contribution in [0.2, 0.25) is 0 Å². The fourth-order valence-electron chi connectivity index (χ4n) is 1.67. The third kappa shape index (κ3) is 5.30. The van der Waals surface area contributed by atoms with Crippen LogP contribution in [0.25, 0.3) is 0 Å². The minimum atomic E-state index is -0.222. The van der Waals surface area contributed by atoms with E-state index >= 15 is 0 Å². The van der Waals surface area contributed by atoms with Crippen molar-refractivity contribution in [2.45, 2.75) is 13.3 Å². The fraction of sp³-hybridized carbons (Fsp3) is 0.429. The average Bonchev–Trinajstić information content (AvgIpc) is 2.41. The summed E-state index contributed by atoms with van der Waals surface area (Å²) in [6.07, 6.45) is 1.46. The number of rotatable bonds is 8. The molecule has 0 fully saturated rings. The molecule has 0 aliphatic heterocycles. The number of carbonyl (C=O) groups excluding carboxylic acids is 2. The Morgan fingerprint density at radius 2 is 2.20 bits per heavy atom. The van der Waals surface area contributed by atoms with Crippen LogP contribution in [-0.2, 0) is 9.53 Å². The lowest BCUT2D eigenvalue weighted by Gasteiger charge is -2.12. The van der Waals surface area contributed by atoms with E-state index in [0.29, 0.717) is 30.8 Å². The number of carbonyl (C=O) groups is 2. The van der Waals surface area contributed by atoms with Gasteiger partial charge in [0.2, 0.25) is 0 Å². The van der Waals surface area contributed by atoms with Gasteiger partial charge in [-0.1, -0.05) is 15.9 Å². The van der Waals surface area contributed by atoms with Gasteiger partial charge in [0.15, 0.2) is 12.9 Å². The topological polar surface area (TPSA) is 64.6 Å². The first-order chi connectivity index (χ1) is 9.58. The normalized spacial score (nSPS) is 10.2. The van der Waals surface area contributed by atoms with Crippen LogP contribution < -0.4 is 10.1 Å². The highest BCUT2D eigenvalue weighted by molar-refractivity contribution is 9.10. The molecule has 110 valence electrons. The Morgan fingerprint density at radius 3 is 2.85 bits per heavy atom. The molecule has 0 heterocycles. The molecule has 0 radical (unpaired) electrons. The molecule has 1 aromatic carbocycles. The summed E-state index contributed by atoms with van der Waals surface area (Å²) in [5, 5.41) is 2.71. The number of hydrogen-bond acceptors (Lipinski definition) is 4. The first kappa shape index (κ1) is 16.7. The lowest BCUT2D eigenvalue weighted by Crippen LogP contribution is -2.30. The maximum atomic E-state index is 11.6. The zero-order valence-corrected chi connectivity index (χ0v) is 13.2. The molecular weight excluding hydrogens is 326 g/mol. The second kappa shape index (κ2) is 8.71. The highest BCUT2D eigenvalue weighted by Crippen LogP contribution is 2.26. The van der Waals surface area contributed by atoms with E-state index in [1.165, 1.54) is 0 Å². The van der Waals surface area contributed by atoms with Crippen LogP contribution in [0, 0.1) is 6.92 Å². The van der Waals surface area contributed by atoms with Crippen LogP contribution in [0.5, 0.6) is 5.75 Å².